The summed E-state index contributed by atoms with van der Waals surface area (Å²) in [5.41, 5.74) is 13.0. The van der Waals surface area contributed by atoms with Gasteiger partial charge in [0.25, 0.3) is 0 Å². The van der Waals surface area contributed by atoms with Crippen molar-refractivity contribution in [1.29, 1.82) is 0 Å². The summed E-state index contributed by atoms with van der Waals surface area (Å²) in [4.78, 5) is 0. The molecule has 0 heterocycles. The average Bonchev–Trinajstić information content (AvgIpc) is 1.97. The topological polar surface area (TPSA) is 0 Å². The van der Waals surface area contributed by atoms with E-state index in [0.29, 0.717) is 0 Å². The van der Waals surface area contributed by atoms with Crippen molar-refractivity contribution < 1.29 is 0 Å². The second kappa shape index (κ2) is 7.64. The Morgan fingerprint density at radius 2 is 2.10 bits per heavy atom. The van der Waals surface area contributed by atoms with E-state index in [0.717, 1.165) is 12.8 Å². The van der Waals surface area contributed by atoms with Gasteiger partial charge in [0.2, 0.25) is 0 Å². The van der Waals surface area contributed by atoms with E-state index in [1.807, 2.05) is 6.08 Å². The minimum Gasteiger partial charge on any atom is -0.0687 e. The molecule has 0 N–H and O–H groups in total. The molecule has 0 amide bonds. The van der Waals surface area contributed by atoms with E-state index in [9.17, 15) is 0 Å². The second-order valence-electron chi connectivity index (χ2n) is 1.69. The third-order valence-electron chi connectivity index (χ3n) is 0.821. The number of allylic oxidation sites excluding steroid dienone is 1. The average molecular weight is 130 g/mol. The lowest BCUT2D eigenvalue weighted by Crippen LogP contribution is -1.54. The van der Waals surface area contributed by atoms with Crippen molar-refractivity contribution in [2.75, 3.05) is 0 Å². The SMILES string of the molecule is C=C=C=C=C=C=CCCC. The molecule has 0 spiro atoms. The molecule has 10 heavy (non-hydrogen) atoms. The minimum absolute atomic E-state index is 1.03. The Morgan fingerprint density at radius 1 is 1.30 bits per heavy atom. The van der Waals surface area contributed by atoms with Gasteiger partial charge < -0.3 is 0 Å². The van der Waals surface area contributed by atoms with Crippen LogP contribution in [0.2, 0.25) is 0 Å². The fraction of sp³-hybridized carbons (Fsp3) is 0.300. The van der Waals surface area contributed by atoms with E-state index in [1.54, 1.807) is 0 Å². The van der Waals surface area contributed by atoms with Crippen LogP contribution in [0.4, 0.5) is 0 Å². The summed E-state index contributed by atoms with van der Waals surface area (Å²) in [6, 6.07) is 0. The Bertz CT molecular complexity index is 252. The standard InChI is InChI=1S/C10H10/c1-3-5-7-9-10-8-6-4-2/h8H,1,4,6H2,2H3. The van der Waals surface area contributed by atoms with Crippen molar-refractivity contribution >= 4 is 0 Å². The molecule has 0 unspecified atom stereocenters. The summed E-state index contributed by atoms with van der Waals surface area (Å²) in [6.07, 6.45) is 4.08. The Hall–Kier alpha value is -1.36. The molecule has 0 radical (unpaired) electrons. The molecular weight excluding hydrogens is 120 g/mol. The van der Waals surface area contributed by atoms with E-state index < -0.39 is 0 Å². The smallest absolute Gasteiger partial charge is 0.00138 e. The molecule has 0 aliphatic rings. The quantitative estimate of drug-likeness (QED) is 0.504. The number of hydrogen-bond acceptors (Lipinski definition) is 0. The van der Waals surface area contributed by atoms with Crippen molar-refractivity contribution in [2.24, 2.45) is 0 Å². The molecule has 0 bridgehead atoms. The van der Waals surface area contributed by atoms with Gasteiger partial charge in [0.1, 0.15) is 0 Å². The van der Waals surface area contributed by atoms with Gasteiger partial charge in [-0.2, -0.15) is 0 Å². The van der Waals surface area contributed by atoms with Crippen LogP contribution in [0.15, 0.2) is 41.3 Å². The van der Waals surface area contributed by atoms with Crippen molar-refractivity contribution in [2.45, 2.75) is 19.8 Å². The second-order valence-corrected chi connectivity index (χ2v) is 1.69. The summed E-state index contributed by atoms with van der Waals surface area (Å²) < 4.78 is 0. The fourth-order valence-corrected chi connectivity index (χ4v) is 0.379. The summed E-state index contributed by atoms with van der Waals surface area (Å²) >= 11 is 0. The van der Waals surface area contributed by atoms with E-state index in [-0.39, 0.29) is 0 Å². The van der Waals surface area contributed by atoms with Gasteiger partial charge in [0, 0.05) is 0 Å². The monoisotopic (exact) mass is 130 g/mol. The Balaban J connectivity index is 4.23. The maximum atomic E-state index is 3.32. The Morgan fingerprint density at radius 3 is 2.70 bits per heavy atom. The fourth-order valence-electron chi connectivity index (χ4n) is 0.379. The van der Waals surface area contributed by atoms with Crippen molar-refractivity contribution in [1.82, 2.24) is 0 Å². The molecule has 0 fully saturated rings. The molecule has 0 heteroatoms. The highest BCUT2D eigenvalue weighted by atomic mass is 13.7. The van der Waals surface area contributed by atoms with Crippen LogP contribution in [0, 0.1) is 0 Å². The first-order chi connectivity index (χ1) is 4.91. The zero-order valence-corrected chi connectivity index (χ0v) is 6.20. The largest absolute Gasteiger partial charge is 0.0687 e. The van der Waals surface area contributed by atoms with Crippen molar-refractivity contribution in [3.8, 4) is 0 Å². The van der Waals surface area contributed by atoms with Gasteiger partial charge in [-0.05, 0) is 36.3 Å². The van der Waals surface area contributed by atoms with Crippen LogP contribution in [0.25, 0.3) is 0 Å². The molecule has 0 aliphatic carbocycles. The highest BCUT2D eigenvalue weighted by Crippen LogP contribution is 1.84. The van der Waals surface area contributed by atoms with Gasteiger partial charge in [0.05, 0.1) is 0 Å². The highest BCUT2D eigenvalue weighted by molar-refractivity contribution is 4.87. The van der Waals surface area contributed by atoms with Gasteiger partial charge >= 0.3 is 0 Å². The lowest BCUT2D eigenvalue weighted by atomic mass is 10.3. The molecule has 0 aromatic rings. The van der Waals surface area contributed by atoms with Gasteiger partial charge in [-0.25, -0.2) is 0 Å². The Kier molecular flexibility index (Phi) is 6.60. The van der Waals surface area contributed by atoms with Crippen LogP contribution >= 0.6 is 0 Å². The lowest BCUT2D eigenvalue weighted by Gasteiger charge is -1.73. The number of rotatable bonds is 2. The Labute approximate surface area is 61.9 Å². The lowest BCUT2D eigenvalue weighted by molar-refractivity contribution is 0.960. The van der Waals surface area contributed by atoms with Crippen LogP contribution in [0.3, 0.4) is 0 Å². The summed E-state index contributed by atoms with van der Waals surface area (Å²) in [6.45, 7) is 5.43. The minimum atomic E-state index is 1.03. The van der Waals surface area contributed by atoms with Gasteiger partial charge in [-0.1, -0.05) is 24.8 Å². The first kappa shape index (κ1) is 8.64. The molecule has 0 aromatic carbocycles. The summed E-state index contributed by atoms with van der Waals surface area (Å²) in [7, 11) is 0. The molecule has 0 aromatic heterocycles. The summed E-state index contributed by atoms with van der Waals surface area (Å²) in [5, 5.41) is 0. The van der Waals surface area contributed by atoms with Crippen LogP contribution < -0.4 is 0 Å². The summed E-state index contributed by atoms with van der Waals surface area (Å²) in [5.74, 6) is 0. The number of unbranched alkanes of at least 4 members (excludes halogenated alkanes) is 1. The molecule has 0 nitrogen and oxygen atoms in total. The van der Waals surface area contributed by atoms with Gasteiger partial charge in [-0.15, -0.1) is 0 Å². The van der Waals surface area contributed by atoms with Crippen LogP contribution in [0.5, 0.6) is 0 Å². The third kappa shape index (κ3) is 6.64. The van der Waals surface area contributed by atoms with Gasteiger partial charge in [-0.3, -0.25) is 0 Å². The predicted molar refractivity (Wildman–Crippen MR) is 42.7 cm³/mol. The zero-order valence-electron chi connectivity index (χ0n) is 6.20. The maximum absolute atomic E-state index is 3.32. The van der Waals surface area contributed by atoms with Crippen molar-refractivity contribution in [3.63, 3.8) is 0 Å². The molecule has 0 atom stereocenters. The van der Waals surface area contributed by atoms with Crippen molar-refractivity contribution in [3.05, 3.63) is 41.3 Å². The zero-order chi connectivity index (χ0) is 7.66. The normalized spacial score (nSPS) is 5.70. The molecule has 0 rings (SSSR count). The third-order valence-corrected chi connectivity index (χ3v) is 0.821. The van der Waals surface area contributed by atoms with E-state index >= 15 is 0 Å². The van der Waals surface area contributed by atoms with E-state index in [2.05, 4.69) is 42.2 Å². The first-order valence-corrected chi connectivity index (χ1v) is 3.26. The molecular formula is C10H10. The maximum Gasteiger partial charge on any atom is -0.00138 e. The molecule has 0 saturated heterocycles. The molecule has 0 aliphatic heterocycles. The van der Waals surface area contributed by atoms with Gasteiger partial charge in [0.15, 0.2) is 0 Å². The van der Waals surface area contributed by atoms with E-state index in [1.165, 1.54) is 0 Å². The number of hydrogen-bond donors (Lipinski definition) is 0. The predicted octanol–water partition coefficient (Wildman–Crippen LogP) is 2.75. The van der Waals surface area contributed by atoms with Crippen LogP contribution in [0.1, 0.15) is 19.8 Å². The van der Waals surface area contributed by atoms with E-state index in [4.69, 9.17) is 0 Å². The first-order valence-electron chi connectivity index (χ1n) is 3.26. The van der Waals surface area contributed by atoms with Crippen LogP contribution in [-0.2, 0) is 0 Å². The molecule has 50 valence electrons. The molecule has 0 saturated carbocycles. The highest BCUT2D eigenvalue weighted by Gasteiger charge is 1.65. The van der Waals surface area contributed by atoms with Crippen LogP contribution in [-0.4, -0.2) is 0 Å².